The zero-order chi connectivity index (χ0) is 26.4. The number of carbonyl (C=O) groups excluding carboxylic acids is 1. The maximum absolute atomic E-state index is 13.4. The summed E-state index contributed by atoms with van der Waals surface area (Å²) in [5.74, 6) is -1.76. The van der Waals surface area contributed by atoms with Gasteiger partial charge in [-0.2, -0.15) is 26.3 Å². The minimum atomic E-state index is -5.05. The fourth-order valence-corrected chi connectivity index (χ4v) is 3.65. The van der Waals surface area contributed by atoms with Gasteiger partial charge in [0, 0.05) is 11.5 Å². The summed E-state index contributed by atoms with van der Waals surface area (Å²) < 4.78 is 94.5. The topological polar surface area (TPSA) is 44.8 Å². The zero-order valence-corrected chi connectivity index (χ0v) is 19.4. The number of halogens is 6. The Morgan fingerprint density at radius 1 is 1.00 bits per heavy atom. The van der Waals surface area contributed by atoms with Crippen LogP contribution >= 0.6 is 0 Å². The molecule has 2 aromatic carbocycles. The lowest BCUT2D eigenvalue weighted by molar-refractivity contribution is -0.148. The first-order valence-electron chi connectivity index (χ1n) is 10.7. The summed E-state index contributed by atoms with van der Waals surface area (Å²) in [7, 11) is 1.35. The summed E-state index contributed by atoms with van der Waals surface area (Å²) in [5.41, 5.74) is -1.93. The van der Waals surface area contributed by atoms with E-state index in [1.165, 1.54) is 7.11 Å². The van der Waals surface area contributed by atoms with E-state index in [0.717, 1.165) is 0 Å². The van der Waals surface area contributed by atoms with Gasteiger partial charge in [0.05, 0.1) is 30.8 Å². The SMILES string of the molecule is C=CC(c1ccc(COc2ccc(C(F)(F)F)cc2C(F)(F)F)c(OC)c1)C(CC)C(=O)OCC. The van der Waals surface area contributed by atoms with Crippen LogP contribution in [0.3, 0.4) is 0 Å². The quantitative estimate of drug-likeness (QED) is 0.196. The van der Waals surface area contributed by atoms with Crippen LogP contribution in [-0.2, 0) is 28.5 Å². The van der Waals surface area contributed by atoms with Crippen LogP contribution in [0.5, 0.6) is 11.5 Å². The van der Waals surface area contributed by atoms with Gasteiger partial charge in [-0.05, 0) is 43.2 Å². The Bertz CT molecular complexity index is 1030. The highest BCUT2D eigenvalue weighted by atomic mass is 19.4. The van der Waals surface area contributed by atoms with Gasteiger partial charge in [-0.15, -0.1) is 6.58 Å². The van der Waals surface area contributed by atoms with Gasteiger partial charge in [-0.1, -0.05) is 25.1 Å². The molecule has 0 bridgehead atoms. The third kappa shape index (κ3) is 6.93. The number of alkyl halides is 6. The van der Waals surface area contributed by atoms with E-state index >= 15 is 0 Å². The van der Waals surface area contributed by atoms with E-state index in [4.69, 9.17) is 14.2 Å². The molecule has 0 heterocycles. The molecule has 2 rings (SSSR count). The van der Waals surface area contributed by atoms with E-state index in [1.54, 1.807) is 31.2 Å². The van der Waals surface area contributed by atoms with Crippen LogP contribution in [-0.4, -0.2) is 19.7 Å². The van der Waals surface area contributed by atoms with Crippen LogP contribution in [0.25, 0.3) is 0 Å². The van der Waals surface area contributed by atoms with Gasteiger partial charge in [0.2, 0.25) is 0 Å². The predicted octanol–water partition coefficient (Wildman–Crippen LogP) is 7.17. The highest BCUT2D eigenvalue weighted by Gasteiger charge is 2.39. The molecule has 0 aromatic heterocycles. The van der Waals surface area contributed by atoms with Gasteiger partial charge in [0.1, 0.15) is 18.1 Å². The molecule has 10 heteroatoms. The Labute approximate surface area is 199 Å². The van der Waals surface area contributed by atoms with Gasteiger partial charge in [-0.25, -0.2) is 0 Å². The van der Waals surface area contributed by atoms with Crippen LogP contribution in [0.1, 0.15) is 48.4 Å². The average Bonchev–Trinajstić information content (AvgIpc) is 2.79. The van der Waals surface area contributed by atoms with Crippen molar-refractivity contribution in [2.45, 2.75) is 45.1 Å². The summed E-state index contributed by atoms with van der Waals surface area (Å²) in [6.07, 6.45) is -7.90. The molecule has 0 aliphatic rings. The van der Waals surface area contributed by atoms with Crippen LogP contribution < -0.4 is 9.47 Å². The van der Waals surface area contributed by atoms with Crippen molar-refractivity contribution in [2.24, 2.45) is 5.92 Å². The van der Waals surface area contributed by atoms with E-state index in [-0.39, 0.29) is 24.4 Å². The number of hydrogen-bond acceptors (Lipinski definition) is 4. The van der Waals surface area contributed by atoms with Crippen molar-refractivity contribution < 1.29 is 45.3 Å². The zero-order valence-electron chi connectivity index (χ0n) is 19.4. The molecule has 0 fully saturated rings. The molecule has 0 radical (unpaired) electrons. The summed E-state index contributed by atoms with van der Waals surface area (Å²) >= 11 is 0. The van der Waals surface area contributed by atoms with Crippen molar-refractivity contribution in [2.75, 3.05) is 13.7 Å². The second-order valence-corrected chi connectivity index (χ2v) is 7.59. The molecule has 0 saturated carbocycles. The molecule has 0 N–H and O–H groups in total. The van der Waals surface area contributed by atoms with E-state index in [2.05, 4.69) is 6.58 Å². The van der Waals surface area contributed by atoms with Crippen molar-refractivity contribution in [1.82, 2.24) is 0 Å². The summed E-state index contributed by atoms with van der Waals surface area (Å²) in [6, 6.07) is 6.02. The maximum atomic E-state index is 13.4. The lowest BCUT2D eigenvalue weighted by Gasteiger charge is -2.23. The van der Waals surface area contributed by atoms with Crippen LogP contribution in [0.15, 0.2) is 49.1 Å². The highest BCUT2D eigenvalue weighted by Crippen LogP contribution is 2.41. The summed E-state index contributed by atoms with van der Waals surface area (Å²) in [6.45, 7) is 7.16. The fourth-order valence-electron chi connectivity index (χ4n) is 3.65. The number of allylic oxidation sites excluding steroid dienone is 1. The molecule has 4 nitrogen and oxygen atoms in total. The molecule has 35 heavy (non-hydrogen) atoms. The normalized spacial score (nSPS) is 13.6. The highest BCUT2D eigenvalue weighted by molar-refractivity contribution is 5.74. The van der Waals surface area contributed by atoms with Crippen LogP contribution in [0.2, 0.25) is 0 Å². The molecule has 2 atom stereocenters. The van der Waals surface area contributed by atoms with Gasteiger partial charge < -0.3 is 14.2 Å². The monoisotopic (exact) mass is 504 g/mol. The molecule has 2 aromatic rings. The number of esters is 1. The first-order chi connectivity index (χ1) is 16.4. The lowest BCUT2D eigenvalue weighted by atomic mass is 9.84. The van der Waals surface area contributed by atoms with Crippen molar-refractivity contribution >= 4 is 5.97 Å². The Morgan fingerprint density at radius 2 is 1.69 bits per heavy atom. The molecular formula is C25H26F6O4. The second kappa shape index (κ2) is 11.5. The second-order valence-electron chi connectivity index (χ2n) is 7.59. The van der Waals surface area contributed by atoms with Crippen molar-refractivity contribution in [3.63, 3.8) is 0 Å². The Kier molecular flexibility index (Phi) is 9.23. The van der Waals surface area contributed by atoms with E-state index in [1.807, 2.05) is 6.92 Å². The predicted molar refractivity (Wildman–Crippen MR) is 117 cm³/mol. The summed E-state index contributed by atoms with van der Waals surface area (Å²) in [4.78, 5) is 12.3. The first-order valence-corrected chi connectivity index (χ1v) is 10.7. The molecule has 2 unspecified atom stereocenters. The van der Waals surface area contributed by atoms with Crippen molar-refractivity contribution in [3.05, 3.63) is 71.3 Å². The van der Waals surface area contributed by atoms with Gasteiger partial charge in [0.15, 0.2) is 0 Å². The average molecular weight is 504 g/mol. The number of ether oxygens (including phenoxy) is 3. The van der Waals surface area contributed by atoms with E-state index in [9.17, 15) is 31.1 Å². The molecule has 0 amide bonds. The fraction of sp³-hybridized carbons (Fsp3) is 0.400. The molecule has 192 valence electrons. The molecule has 0 saturated heterocycles. The molecule has 0 aliphatic carbocycles. The molecule has 0 aliphatic heterocycles. The Morgan fingerprint density at radius 3 is 2.20 bits per heavy atom. The first kappa shape index (κ1) is 28.1. The Balaban J connectivity index is 2.34. The minimum Gasteiger partial charge on any atom is -0.496 e. The van der Waals surface area contributed by atoms with Crippen molar-refractivity contribution in [1.29, 1.82) is 0 Å². The number of carbonyl (C=O) groups is 1. The molecular weight excluding hydrogens is 478 g/mol. The maximum Gasteiger partial charge on any atom is 0.419 e. The number of methoxy groups -OCH3 is 1. The summed E-state index contributed by atoms with van der Waals surface area (Å²) in [5, 5.41) is 0. The van der Waals surface area contributed by atoms with Crippen LogP contribution in [0, 0.1) is 5.92 Å². The van der Waals surface area contributed by atoms with E-state index < -0.39 is 47.7 Å². The smallest absolute Gasteiger partial charge is 0.419 e. The number of benzene rings is 2. The standard InChI is InChI=1S/C25H26F6O4/c1-5-18(19(6-2)23(32)34-7-3)15-8-9-16(22(12-15)33-4)14-35-21-11-10-17(24(26,27)28)13-20(21)25(29,30)31/h5,8-13,18-19H,1,6-7,14H2,2-4H3. The third-order valence-electron chi connectivity index (χ3n) is 5.41. The minimum absolute atomic E-state index is 0.0185. The lowest BCUT2D eigenvalue weighted by Crippen LogP contribution is -2.23. The Hall–Kier alpha value is -3.17. The van der Waals surface area contributed by atoms with Gasteiger partial charge in [-0.3, -0.25) is 4.79 Å². The van der Waals surface area contributed by atoms with Gasteiger partial charge in [0.25, 0.3) is 0 Å². The number of rotatable bonds is 10. The number of hydrogen-bond donors (Lipinski definition) is 0. The molecule has 0 spiro atoms. The largest absolute Gasteiger partial charge is 0.496 e. The van der Waals surface area contributed by atoms with E-state index in [0.29, 0.717) is 29.7 Å². The van der Waals surface area contributed by atoms with Crippen molar-refractivity contribution in [3.8, 4) is 11.5 Å². The third-order valence-corrected chi connectivity index (χ3v) is 5.41. The van der Waals surface area contributed by atoms with Gasteiger partial charge >= 0.3 is 18.3 Å². The van der Waals surface area contributed by atoms with Crippen LogP contribution in [0.4, 0.5) is 26.3 Å².